The second-order valence-corrected chi connectivity index (χ2v) is 9.41. The number of rotatable bonds is 4. The van der Waals surface area contributed by atoms with E-state index in [1.54, 1.807) is 29.2 Å². The fourth-order valence-electron chi connectivity index (χ4n) is 3.84. The van der Waals surface area contributed by atoms with E-state index >= 15 is 0 Å². The molecule has 150 valence electrons. The lowest BCUT2D eigenvalue weighted by atomic mass is 10.1. The van der Waals surface area contributed by atoms with Gasteiger partial charge in [0.05, 0.1) is 20.9 Å². The summed E-state index contributed by atoms with van der Waals surface area (Å²) in [5.74, 6) is -0.262. The molecule has 3 aromatic rings. The lowest BCUT2D eigenvalue weighted by Gasteiger charge is -2.19. The van der Waals surface area contributed by atoms with Gasteiger partial charge in [-0.1, -0.05) is 30.7 Å². The maximum Gasteiger partial charge on any atom is 0.256 e. The summed E-state index contributed by atoms with van der Waals surface area (Å²) in [7, 11) is -3.90. The molecule has 2 heterocycles. The summed E-state index contributed by atoms with van der Waals surface area (Å²) < 4.78 is 27.4. The second-order valence-electron chi connectivity index (χ2n) is 7.52. The van der Waals surface area contributed by atoms with Crippen molar-refractivity contribution in [1.82, 2.24) is 9.88 Å². The molecule has 6 heteroatoms. The van der Waals surface area contributed by atoms with Gasteiger partial charge in [-0.15, -0.1) is 0 Å². The van der Waals surface area contributed by atoms with Crippen molar-refractivity contribution in [3.8, 4) is 0 Å². The number of aryl methyl sites for hydroxylation is 2. The van der Waals surface area contributed by atoms with Crippen LogP contribution in [0.4, 0.5) is 0 Å². The Kier molecular flexibility index (Phi) is 5.13. The van der Waals surface area contributed by atoms with E-state index < -0.39 is 9.84 Å². The minimum atomic E-state index is -3.90. The van der Waals surface area contributed by atoms with Crippen molar-refractivity contribution in [3.63, 3.8) is 0 Å². The molecule has 1 amide bonds. The van der Waals surface area contributed by atoms with Crippen molar-refractivity contribution in [3.05, 3.63) is 65.4 Å². The van der Waals surface area contributed by atoms with Crippen LogP contribution in [0.2, 0.25) is 0 Å². The molecule has 2 aromatic carbocycles. The average molecular weight is 409 g/mol. The minimum Gasteiger partial charge on any atom is -0.339 e. The van der Waals surface area contributed by atoms with Crippen LogP contribution in [0, 0.1) is 6.92 Å². The molecule has 1 fully saturated rings. The van der Waals surface area contributed by atoms with Gasteiger partial charge in [0.25, 0.3) is 5.91 Å². The van der Waals surface area contributed by atoms with Crippen LogP contribution in [0.25, 0.3) is 10.9 Å². The number of amides is 1. The van der Waals surface area contributed by atoms with E-state index in [0.717, 1.165) is 30.4 Å². The molecular formula is C23H24N2O3S. The molecule has 0 spiro atoms. The number of sulfone groups is 1. The highest BCUT2D eigenvalue weighted by atomic mass is 32.2. The van der Waals surface area contributed by atoms with Crippen LogP contribution < -0.4 is 0 Å². The molecule has 0 radical (unpaired) electrons. The quantitative estimate of drug-likeness (QED) is 0.650. The van der Waals surface area contributed by atoms with Crippen LogP contribution in [0.15, 0.2) is 58.5 Å². The van der Waals surface area contributed by atoms with Crippen LogP contribution in [0.1, 0.15) is 41.3 Å². The van der Waals surface area contributed by atoms with Gasteiger partial charge in [0.2, 0.25) is 9.84 Å². The maximum atomic E-state index is 13.7. The number of benzene rings is 2. The molecule has 1 aliphatic heterocycles. The van der Waals surface area contributed by atoms with Gasteiger partial charge < -0.3 is 4.90 Å². The van der Waals surface area contributed by atoms with Gasteiger partial charge in [0, 0.05) is 24.7 Å². The minimum absolute atomic E-state index is 0.0624. The Labute approximate surface area is 171 Å². The van der Waals surface area contributed by atoms with Gasteiger partial charge in [-0.3, -0.25) is 9.78 Å². The Morgan fingerprint density at radius 3 is 2.41 bits per heavy atom. The highest BCUT2D eigenvalue weighted by molar-refractivity contribution is 7.91. The standard InChI is InChI=1S/C23H24N2O3S/c1-3-17-7-9-18(10-8-17)29(27,28)22-19-14-16(2)6-11-21(19)24-15-20(22)23(26)25-12-4-5-13-25/h6-11,14-15H,3-5,12-13H2,1-2H3. The third kappa shape index (κ3) is 3.53. The fourth-order valence-corrected chi connectivity index (χ4v) is 5.45. The molecule has 0 atom stereocenters. The first-order valence-corrected chi connectivity index (χ1v) is 11.4. The molecule has 0 N–H and O–H groups in total. The summed E-state index contributed by atoms with van der Waals surface area (Å²) in [6.45, 7) is 5.22. The van der Waals surface area contributed by atoms with E-state index in [0.29, 0.717) is 24.0 Å². The second kappa shape index (κ2) is 7.59. The first kappa shape index (κ1) is 19.6. The molecule has 29 heavy (non-hydrogen) atoms. The Balaban J connectivity index is 1.97. The van der Waals surface area contributed by atoms with Gasteiger partial charge >= 0.3 is 0 Å². The SMILES string of the molecule is CCc1ccc(S(=O)(=O)c2c(C(=O)N3CCCC3)cnc3ccc(C)cc23)cc1. The first-order valence-electron chi connectivity index (χ1n) is 9.94. The van der Waals surface area contributed by atoms with E-state index in [4.69, 9.17) is 0 Å². The van der Waals surface area contributed by atoms with Crippen molar-refractivity contribution in [2.75, 3.05) is 13.1 Å². The third-order valence-corrected chi connectivity index (χ3v) is 7.38. The normalized spacial score (nSPS) is 14.5. The number of nitrogens with zero attached hydrogens (tertiary/aromatic N) is 2. The van der Waals surface area contributed by atoms with Crippen LogP contribution in [0.3, 0.4) is 0 Å². The van der Waals surface area contributed by atoms with Crippen LogP contribution in [0.5, 0.6) is 0 Å². The maximum absolute atomic E-state index is 13.7. The zero-order valence-corrected chi connectivity index (χ0v) is 17.5. The van der Waals surface area contributed by atoms with Gasteiger partial charge in [-0.25, -0.2) is 8.42 Å². The Hall–Kier alpha value is -2.73. The molecule has 0 saturated carbocycles. The first-order chi connectivity index (χ1) is 13.9. The zero-order chi connectivity index (χ0) is 20.6. The van der Waals surface area contributed by atoms with E-state index in [-0.39, 0.29) is 21.3 Å². The summed E-state index contributed by atoms with van der Waals surface area (Å²) in [5, 5.41) is 0.495. The summed E-state index contributed by atoms with van der Waals surface area (Å²) >= 11 is 0. The molecule has 4 rings (SSSR count). The zero-order valence-electron chi connectivity index (χ0n) is 16.7. The highest BCUT2D eigenvalue weighted by Crippen LogP contribution is 2.32. The number of aromatic nitrogens is 1. The molecule has 1 aliphatic rings. The van der Waals surface area contributed by atoms with Crippen LogP contribution in [-0.2, 0) is 16.3 Å². The Morgan fingerprint density at radius 1 is 1.07 bits per heavy atom. The number of carbonyl (C=O) groups excluding carboxylic acids is 1. The summed E-state index contributed by atoms with van der Waals surface area (Å²) in [6.07, 6.45) is 4.13. The van der Waals surface area contributed by atoms with Gasteiger partial charge in [-0.05, 0) is 56.0 Å². The molecular weight excluding hydrogens is 384 g/mol. The van der Waals surface area contributed by atoms with Crippen LogP contribution in [-0.4, -0.2) is 37.3 Å². The number of hydrogen-bond acceptors (Lipinski definition) is 4. The predicted octanol–water partition coefficient (Wildman–Crippen LogP) is 4.17. The lowest BCUT2D eigenvalue weighted by molar-refractivity contribution is 0.0789. The Morgan fingerprint density at radius 2 is 1.76 bits per heavy atom. The topological polar surface area (TPSA) is 67.3 Å². The van der Waals surface area contributed by atoms with E-state index in [9.17, 15) is 13.2 Å². The molecule has 0 bridgehead atoms. The fraction of sp³-hybridized carbons (Fsp3) is 0.304. The number of pyridine rings is 1. The van der Waals surface area contributed by atoms with Crippen molar-refractivity contribution >= 4 is 26.6 Å². The summed E-state index contributed by atoms with van der Waals surface area (Å²) in [4.78, 5) is 19.6. The number of likely N-dealkylation sites (tertiary alicyclic amines) is 1. The smallest absolute Gasteiger partial charge is 0.256 e. The molecule has 0 unspecified atom stereocenters. The number of carbonyl (C=O) groups is 1. The largest absolute Gasteiger partial charge is 0.339 e. The molecule has 1 saturated heterocycles. The molecule has 0 aliphatic carbocycles. The average Bonchev–Trinajstić information content (AvgIpc) is 3.27. The monoisotopic (exact) mass is 408 g/mol. The summed E-state index contributed by atoms with van der Waals surface area (Å²) in [6, 6.07) is 12.4. The van der Waals surface area contributed by atoms with Crippen molar-refractivity contribution in [1.29, 1.82) is 0 Å². The van der Waals surface area contributed by atoms with Gasteiger partial charge in [0.15, 0.2) is 0 Å². The predicted molar refractivity (Wildman–Crippen MR) is 113 cm³/mol. The van der Waals surface area contributed by atoms with Crippen molar-refractivity contribution < 1.29 is 13.2 Å². The lowest BCUT2D eigenvalue weighted by Crippen LogP contribution is -2.29. The molecule has 1 aromatic heterocycles. The van der Waals surface area contributed by atoms with Crippen LogP contribution >= 0.6 is 0 Å². The Bertz CT molecular complexity index is 1180. The van der Waals surface area contributed by atoms with Crippen molar-refractivity contribution in [2.24, 2.45) is 0 Å². The van der Waals surface area contributed by atoms with Crippen molar-refractivity contribution in [2.45, 2.75) is 42.9 Å². The van der Waals surface area contributed by atoms with E-state index in [1.165, 1.54) is 6.20 Å². The number of fused-ring (bicyclic) bond motifs is 1. The van der Waals surface area contributed by atoms with Gasteiger partial charge in [-0.2, -0.15) is 0 Å². The molecule has 5 nitrogen and oxygen atoms in total. The highest BCUT2D eigenvalue weighted by Gasteiger charge is 2.31. The van der Waals surface area contributed by atoms with E-state index in [1.807, 2.05) is 32.0 Å². The number of hydrogen-bond donors (Lipinski definition) is 0. The third-order valence-electron chi connectivity index (χ3n) is 5.51. The van der Waals surface area contributed by atoms with Gasteiger partial charge in [0.1, 0.15) is 0 Å². The van der Waals surface area contributed by atoms with E-state index in [2.05, 4.69) is 4.98 Å². The summed E-state index contributed by atoms with van der Waals surface area (Å²) in [5.41, 5.74) is 2.71.